The molecule has 0 N–H and O–H groups in total. The molecule has 4 heteroatoms. The van der Waals surface area contributed by atoms with E-state index >= 15 is 0 Å². The Kier molecular flexibility index (Phi) is 4.46. The molecule has 0 aliphatic heterocycles. The van der Waals surface area contributed by atoms with Crippen molar-refractivity contribution in [2.45, 2.75) is 6.92 Å². The van der Waals surface area contributed by atoms with Gasteiger partial charge < -0.3 is 0 Å². The van der Waals surface area contributed by atoms with Gasteiger partial charge in [-0.3, -0.25) is 4.79 Å². The number of rotatable bonds is 3. The zero-order valence-electron chi connectivity index (χ0n) is 12.4. The summed E-state index contributed by atoms with van der Waals surface area (Å²) in [5, 5.41) is 1.97. The molecule has 114 valence electrons. The van der Waals surface area contributed by atoms with Crippen molar-refractivity contribution in [1.29, 1.82) is 0 Å². The van der Waals surface area contributed by atoms with Crippen LogP contribution in [0.5, 0.6) is 0 Å². The lowest BCUT2D eigenvalue weighted by Gasteiger charge is -2.04. The second-order valence-corrected chi connectivity index (χ2v) is 6.01. The Labute approximate surface area is 144 Å². The van der Waals surface area contributed by atoms with Crippen LogP contribution in [-0.4, -0.2) is 10.8 Å². The molecule has 0 aliphatic rings. The van der Waals surface area contributed by atoms with Gasteiger partial charge in [0.15, 0.2) is 5.78 Å². The molecule has 0 fully saturated rings. The molecule has 0 amide bonds. The van der Waals surface area contributed by atoms with Gasteiger partial charge >= 0.3 is 0 Å². The summed E-state index contributed by atoms with van der Waals surface area (Å²) in [6, 6.07) is 14.6. The molecule has 1 heterocycles. The zero-order valence-corrected chi connectivity index (χ0v) is 13.9. The largest absolute Gasteiger partial charge is 0.289 e. The van der Waals surface area contributed by atoms with Gasteiger partial charge in [-0.1, -0.05) is 41.4 Å². The Hall–Kier alpha value is -2.16. The average Bonchev–Trinajstić information content (AvgIpc) is 2.54. The maximum atomic E-state index is 12.2. The third kappa shape index (κ3) is 3.44. The van der Waals surface area contributed by atoms with Gasteiger partial charge in [0.1, 0.15) is 5.15 Å². The maximum Gasteiger partial charge on any atom is 0.185 e. The van der Waals surface area contributed by atoms with Crippen LogP contribution in [0.2, 0.25) is 10.2 Å². The van der Waals surface area contributed by atoms with Crippen molar-refractivity contribution in [1.82, 2.24) is 4.98 Å². The molecule has 1 aromatic heterocycles. The number of hydrogen-bond donors (Lipinski definition) is 0. The number of pyridine rings is 1. The molecule has 2 nitrogen and oxygen atoms in total. The van der Waals surface area contributed by atoms with E-state index < -0.39 is 0 Å². The number of hydrogen-bond acceptors (Lipinski definition) is 2. The first-order valence-corrected chi connectivity index (χ1v) is 7.84. The molecule has 23 heavy (non-hydrogen) atoms. The van der Waals surface area contributed by atoms with E-state index in [1.54, 1.807) is 30.3 Å². The van der Waals surface area contributed by atoms with Gasteiger partial charge in [-0.05, 0) is 55.0 Å². The lowest BCUT2D eigenvalue weighted by atomic mass is 10.1. The number of benzene rings is 2. The predicted octanol–water partition coefficient (Wildman–Crippen LogP) is 5.75. The second-order valence-electron chi connectivity index (χ2n) is 5.22. The molecule has 0 aliphatic carbocycles. The van der Waals surface area contributed by atoms with E-state index in [1.807, 2.05) is 31.2 Å². The third-order valence-electron chi connectivity index (χ3n) is 3.57. The summed E-state index contributed by atoms with van der Waals surface area (Å²) < 4.78 is 0. The number of ketones is 1. The molecule has 2 aromatic carbocycles. The fourth-order valence-electron chi connectivity index (χ4n) is 2.33. The monoisotopic (exact) mass is 341 g/mol. The number of allylic oxidation sites excluding steroid dienone is 1. The van der Waals surface area contributed by atoms with Crippen LogP contribution < -0.4 is 0 Å². The van der Waals surface area contributed by atoms with E-state index in [0.29, 0.717) is 21.3 Å². The second kappa shape index (κ2) is 6.53. The highest BCUT2D eigenvalue weighted by atomic mass is 35.5. The van der Waals surface area contributed by atoms with Crippen molar-refractivity contribution in [3.8, 4) is 0 Å². The molecular weight excluding hydrogens is 329 g/mol. The van der Waals surface area contributed by atoms with Crippen LogP contribution in [0.3, 0.4) is 0 Å². The van der Waals surface area contributed by atoms with Crippen LogP contribution in [-0.2, 0) is 0 Å². The molecule has 0 radical (unpaired) electrons. The Morgan fingerprint density at radius 1 is 1.09 bits per heavy atom. The van der Waals surface area contributed by atoms with E-state index in [1.165, 1.54) is 6.08 Å². The smallest absolute Gasteiger partial charge is 0.185 e. The normalized spacial score (nSPS) is 11.3. The number of fused-ring (bicyclic) bond motifs is 1. The number of para-hydroxylation sites is 1. The highest BCUT2D eigenvalue weighted by Crippen LogP contribution is 2.24. The number of carbonyl (C=O) groups is 1. The molecular formula is C19H13Cl2NO. The molecule has 3 aromatic rings. The van der Waals surface area contributed by atoms with Gasteiger partial charge in [0.2, 0.25) is 0 Å². The first-order chi connectivity index (χ1) is 11.0. The predicted molar refractivity (Wildman–Crippen MR) is 96.3 cm³/mol. The summed E-state index contributed by atoms with van der Waals surface area (Å²) in [6.07, 6.45) is 3.18. The van der Waals surface area contributed by atoms with Gasteiger partial charge in [-0.15, -0.1) is 0 Å². The minimum absolute atomic E-state index is 0.109. The van der Waals surface area contributed by atoms with Gasteiger partial charge in [0.05, 0.1) is 5.52 Å². The van der Waals surface area contributed by atoms with Crippen LogP contribution in [0.4, 0.5) is 0 Å². The lowest BCUT2D eigenvalue weighted by Crippen LogP contribution is -1.94. The Balaban J connectivity index is 1.93. The molecule has 0 atom stereocenters. The van der Waals surface area contributed by atoms with Crippen molar-refractivity contribution < 1.29 is 4.79 Å². The summed E-state index contributed by atoms with van der Waals surface area (Å²) in [4.78, 5) is 16.6. The van der Waals surface area contributed by atoms with Crippen molar-refractivity contribution in [2.24, 2.45) is 0 Å². The average molecular weight is 342 g/mol. The van der Waals surface area contributed by atoms with E-state index in [0.717, 1.165) is 16.5 Å². The summed E-state index contributed by atoms with van der Waals surface area (Å²) in [5.74, 6) is -0.109. The highest BCUT2D eigenvalue weighted by molar-refractivity contribution is 6.31. The molecule has 0 saturated heterocycles. The number of halogens is 2. The van der Waals surface area contributed by atoms with Crippen LogP contribution in [0.25, 0.3) is 17.0 Å². The standard InChI is InChI=1S/C19H13Cl2NO/c1-12-3-2-4-14-11-15(19(21)22-18(12)14)7-10-17(23)13-5-8-16(20)9-6-13/h2-11H,1H3. The number of carbonyl (C=O) groups excluding carboxylic acids is 1. The van der Waals surface area contributed by atoms with Crippen molar-refractivity contribution >= 4 is 46.0 Å². The molecule has 0 bridgehead atoms. The van der Waals surface area contributed by atoms with E-state index in [4.69, 9.17) is 23.2 Å². The van der Waals surface area contributed by atoms with Gasteiger partial charge in [-0.25, -0.2) is 4.98 Å². The van der Waals surface area contributed by atoms with Crippen LogP contribution in [0.15, 0.2) is 54.6 Å². The molecule has 3 rings (SSSR count). The Bertz CT molecular complexity index is 915. The summed E-state index contributed by atoms with van der Waals surface area (Å²) in [6.45, 7) is 1.99. The molecule has 0 unspecified atom stereocenters. The minimum Gasteiger partial charge on any atom is -0.289 e. The summed E-state index contributed by atoms with van der Waals surface area (Å²) in [5.41, 5.74) is 3.23. The third-order valence-corrected chi connectivity index (χ3v) is 4.13. The maximum absolute atomic E-state index is 12.2. The molecule has 0 saturated carbocycles. The topological polar surface area (TPSA) is 30.0 Å². The van der Waals surface area contributed by atoms with Gasteiger partial charge in [-0.2, -0.15) is 0 Å². The molecule has 0 spiro atoms. The Morgan fingerprint density at radius 2 is 1.83 bits per heavy atom. The zero-order chi connectivity index (χ0) is 16.4. The van der Waals surface area contributed by atoms with E-state index in [9.17, 15) is 4.79 Å². The van der Waals surface area contributed by atoms with E-state index in [-0.39, 0.29) is 5.78 Å². The number of aryl methyl sites for hydroxylation is 1. The van der Waals surface area contributed by atoms with Crippen molar-refractivity contribution in [2.75, 3.05) is 0 Å². The lowest BCUT2D eigenvalue weighted by molar-refractivity contribution is 0.104. The SMILES string of the molecule is Cc1cccc2cc(C=CC(=O)c3ccc(Cl)cc3)c(Cl)nc12. The van der Waals surface area contributed by atoms with Crippen LogP contribution >= 0.6 is 23.2 Å². The quantitative estimate of drug-likeness (QED) is 0.345. The van der Waals surface area contributed by atoms with E-state index in [2.05, 4.69) is 4.98 Å². The highest BCUT2D eigenvalue weighted by Gasteiger charge is 2.06. The van der Waals surface area contributed by atoms with Gasteiger partial charge in [0, 0.05) is 21.5 Å². The van der Waals surface area contributed by atoms with Crippen molar-refractivity contribution in [3.05, 3.63) is 81.5 Å². The van der Waals surface area contributed by atoms with Crippen molar-refractivity contribution in [3.63, 3.8) is 0 Å². The number of aromatic nitrogens is 1. The summed E-state index contributed by atoms with van der Waals surface area (Å²) >= 11 is 12.1. The van der Waals surface area contributed by atoms with Crippen LogP contribution in [0.1, 0.15) is 21.5 Å². The fraction of sp³-hybridized carbons (Fsp3) is 0.0526. The minimum atomic E-state index is -0.109. The first-order valence-electron chi connectivity index (χ1n) is 7.08. The Morgan fingerprint density at radius 3 is 2.57 bits per heavy atom. The fourth-order valence-corrected chi connectivity index (χ4v) is 2.66. The number of nitrogens with zero attached hydrogens (tertiary/aromatic N) is 1. The van der Waals surface area contributed by atoms with Gasteiger partial charge in [0.25, 0.3) is 0 Å². The van der Waals surface area contributed by atoms with Crippen LogP contribution in [0, 0.1) is 6.92 Å². The first kappa shape index (κ1) is 15.7. The summed E-state index contributed by atoms with van der Waals surface area (Å²) in [7, 11) is 0.